The third kappa shape index (κ3) is 8.30. The van der Waals surface area contributed by atoms with Gasteiger partial charge in [0.2, 0.25) is 0 Å². The summed E-state index contributed by atoms with van der Waals surface area (Å²) < 4.78 is 0. The summed E-state index contributed by atoms with van der Waals surface area (Å²) >= 11 is 1.83. The van der Waals surface area contributed by atoms with Gasteiger partial charge in [0.1, 0.15) is 0 Å². The summed E-state index contributed by atoms with van der Waals surface area (Å²) in [4.78, 5) is 19.1. The number of halogens is 1. The molecule has 1 unspecified atom stereocenters. The number of thiophene rings is 1. The van der Waals surface area contributed by atoms with Crippen molar-refractivity contribution >= 4 is 47.2 Å². The Bertz CT molecular complexity index is 760. The first-order valence-corrected chi connectivity index (χ1v) is 9.67. The third-order valence-corrected chi connectivity index (χ3v) is 4.92. The summed E-state index contributed by atoms with van der Waals surface area (Å²) in [6, 6.07) is 12.2. The molecule has 0 saturated heterocycles. The number of carbonyl (C=O) groups is 1. The highest BCUT2D eigenvalue weighted by atomic mass is 127. The Balaban J connectivity index is 0.00000364. The van der Waals surface area contributed by atoms with Gasteiger partial charge < -0.3 is 16.0 Å². The van der Waals surface area contributed by atoms with Crippen LogP contribution in [-0.2, 0) is 6.42 Å². The number of hydrogen-bond acceptors (Lipinski definition) is 3. The molecule has 3 N–H and O–H groups in total. The summed E-state index contributed by atoms with van der Waals surface area (Å²) in [7, 11) is 1.75. The van der Waals surface area contributed by atoms with Crippen LogP contribution in [0.5, 0.6) is 0 Å². The van der Waals surface area contributed by atoms with E-state index in [-0.39, 0.29) is 35.9 Å². The minimum Gasteiger partial charge on any atom is -0.355 e. The summed E-state index contributed by atoms with van der Waals surface area (Å²) in [6.07, 6.45) is 0.962. The van der Waals surface area contributed by atoms with Crippen molar-refractivity contribution in [2.75, 3.05) is 20.1 Å². The van der Waals surface area contributed by atoms with Gasteiger partial charge in [-0.2, -0.15) is 0 Å². The van der Waals surface area contributed by atoms with E-state index in [1.54, 1.807) is 7.05 Å². The highest BCUT2D eigenvalue weighted by Crippen LogP contribution is 2.16. The van der Waals surface area contributed by atoms with Gasteiger partial charge in [0.25, 0.3) is 5.91 Å². The number of hydrogen-bond donors (Lipinski definition) is 3. The van der Waals surface area contributed by atoms with Crippen molar-refractivity contribution in [2.24, 2.45) is 4.99 Å². The minimum absolute atomic E-state index is 0. The number of nitrogens with one attached hydrogen (secondary N) is 3. The fourth-order valence-corrected chi connectivity index (χ4v) is 3.64. The lowest BCUT2D eigenvalue weighted by molar-refractivity contribution is 0.0954. The maximum atomic E-state index is 12.1. The van der Waals surface area contributed by atoms with Gasteiger partial charge in [-0.1, -0.05) is 17.7 Å². The van der Waals surface area contributed by atoms with Gasteiger partial charge in [0.05, 0.1) is 0 Å². The molecule has 0 aliphatic rings. The quantitative estimate of drug-likeness (QED) is 0.236. The van der Waals surface area contributed by atoms with Gasteiger partial charge in [-0.05, 0) is 45.0 Å². The van der Waals surface area contributed by atoms with E-state index in [4.69, 9.17) is 0 Å². The molecule has 1 aromatic carbocycles. The molecule has 0 bridgehead atoms. The number of benzene rings is 1. The van der Waals surface area contributed by atoms with E-state index in [1.807, 2.05) is 42.5 Å². The number of carbonyl (C=O) groups excluding carboxylic acids is 1. The zero-order chi connectivity index (χ0) is 18.9. The lowest BCUT2D eigenvalue weighted by atomic mass is 10.1. The number of aliphatic imine (C=N–C) groups is 1. The molecule has 1 amide bonds. The van der Waals surface area contributed by atoms with Crippen LogP contribution in [0.15, 0.2) is 41.4 Å². The molecule has 27 heavy (non-hydrogen) atoms. The molecule has 5 nitrogen and oxygen atoms in total. The molecular weight excluding hydrogens is 471 g/mol. The van der Waals surface area contributed by atoms with Crippen LogP contribution in [0.4, 0.5) is 0 Å². The van der Waals surface area contributed by atoms with Crippen LogP contribution in [-0.4, -0.2) is 38.0 Å². The van der Waals surface area contributed by atoms with Crippen molar-refractivity contribution in [3.05, 3.63) is 57.3 Å². The molecule has 0 aliphatic carbocycles. The second kappa shape index (κ2) is 12.0. The first-order chi connectivity index (χ1) is 12.5. The predicted octanol–water partition coefficient (Wildman–Crippen LogP) is 3.51. The lowest BCUT2D eigenvalue weighted by Crippen LogP contribution is -2.45. The molecule has 148 valence electrons. The van der Waals surface area contributed by atoms with E-state index in [2.05, 4.69) is 46.9 Å². The van der Waals surface area contributed by atoms with Crippen molar-refractivity contribution in [3.63, 3.8) is 0 Å². The summed E-state index contributed by atoms with van der Waals surface area (Å²) in [5, 5.41) is 9.54. The van der Waals surface area contributed by atoms with E-state index >= 15 is 0 Å². The Morgan fingerprint density at radius 3 is 2.52 bits per heavy atom. The van der Waals surface area contributed by atoms with Gasteiger partial charge >= 0.3 is 0 Å². The van der Waals surface area contributed by atoms with E-state index < -0.39 is 0 Å². The maximum absolute atomic E-state index is 12.1. The zero-order valence-electron chi connectivity index (χ0n) is 16.3. The molecule has 2 rings (SSSR count). The van der Waals surface area contributed by atoms with Crippen LogP contribution in [0.2, 0.25) is 0 Å². The van der Waals surface area contributed by atoms with Crippen LogP contribution in [0.25, 0.3) is 0 Å². The van der Waals surface area contributed by atoms with E-state index in [0.29, 0.717) is 18.7 Å². The molecule has 7 heteroatoms. The summed E-state index contributed by atoms with van der Waals surface area (Å²) in [5.74, 6) is 0.690. The largest absolute Gasteiger partial charge is 0.355 e. The molecule has 2 aromatic rings. The fraction of sp³-hybridized carbons (Fsp3) is 0.400. The SMILES string of the molecule is CN=C(NCCNC(=O)c1cccc(C)c1)NC(C)Cc1ccc(C)s1.I. The first kappa shape index (κ1) is 23.4. The second-order valence-electron chi connectivity index (χ2n) is 6.39. The predicted molar refractivity (Wildman–Crippen MR) is 126 cm³/mol. The normalized spacial score (nSPS) is 12.1. The fourth-order valence-electron chi connectivity index (χ4n) is 2.62. The molecule has 0 fully saturated rings. The standard InChI is InChI=1S/C20H28N4OS.HI/c1-14-6-5-7-17(12-14)19(25)22-10-11-23-20(21-4)24-15(2)13-18-9-8-16(3)26-18;/h5-9,12,15H,10-11,13H2,1-4H3,(H,22,25)(H2,21,23,24);1H. The van der Waals surface area contributed by atoms with Crippen LogP contribution < -0.4 is 16.0 Å². The van der Waals surface area contributed by atoms with Crippen molar-refractivity contribution in [1.82, 2.24) is 16.0 Å². The molecule has 1 heterocycles. The van der Waals surface area contributed by atoms with Crippen molar-refractivity contribution in [2.45, 2.75) is 33.2 Å². The van der Waals surface area contributed by atoms with Crippen molar-refractivity contribution < 1.29 is 4.79 Å². The monoisotopic (exact) mass is 500 g/mol. The smallest absolute Gasteiger partial charge is 0.251 e. The van der Waals surface area contributed by atoms with Gasteiger partial charge in [0.15, 0.2) is 5.96 Å². The van der Waals surface area contributed by atoms with Crippen molar-refractivity contribution in [3.8, 4) is 0 Å². The zero-order valence-corrected chi connectivity index (χ0v) is 19.5. The second-order valence-corrected chi connectivity index (χ2v) is 7.76. The Morgan fingerprint density at radius 2 is 1.89 bits per heavy atom. The topological polar surface area (TPSA) is 65.5 Å². The maximum Gasteiger partial charge on any atom is 0.251 e. The Labute approximate surface area is 183 Å². The Kier molecular flexibility index (Phi) is 10.4. The van der Waals surface area contributed by atoms with Gasteiger partial charge in [-0.15, -0.1) is 35.3 Å². The van der Waals surface area contributed by atoms with Crippen LogP contribution in [0.1, 0.15) is 32.6 Å². The number of guanidine groups is 1. The van der Waals surface area contributed by atoms with Crippen LogP contribution in [0.3, 0.4) is 0 Å². The van der Waals surface area contributed by atoms with Gasteiger partial charge in [-0.3, -0.25) is 9.79 Å². The highest BCUT2D eigenvalue weighted by Gasteiger charge is 2.08. The third-order valence-electron chi connectivity index (χ3n) is 3.89. The van der Waals surface area contributed by atoms with Gasteiger partial charge in [0, 0.05) is 47.9 Å². The lowest BCUT2D eigenvalue weighted by Gasteiger charge is -2.17. The van der Waals surface area contributed by atoms with Crippen LogP contribution >= 0.6 is 35.3 Å². The number of nitrogens with zero attached hydrogens (tertiary/aromatic N) is 1. The first-order valence-electron chi connectivity index (χ1n) is 8.85. The molecule has 0 saturated carbocycles. The molecule has 0 radical (unpaired) electrons. The molecular formula is C20H29IN4OS. The van der Waals surface area contributed by atoms with E-state index in [1.165, 1.54) is 9.75 Å². The highest BCUT2D eigenvalue weighted by molar-refractivity contribution is 14.0. The average molecular weight is 500 g/mol. The number of amides is 1. The summed E-state index contributed by atoms with van der Waals surface area (Å²) in [6.45, 7) is 7.39. The molecule has 1 atom stereocenters. The molecule has 1 aromatic heterocycles. The van der Waals surface area contributed by atoms with Crippen LogP contribution in [0, 0.1) is 13.8 Å². The number of rotatable bonds is 7. The van der Waals surface area contributed by atoms with E-state index in [0.717, 1.165) is 17.9 Å². The van der Waals surface area contributed by atoms with Crippen molar-refractivity contribution in [1.29, 1.82) is 0 Å². The van der Waals surface area contributed by atoms with E-state index in [9.17, 15) is 4.79 Å². The number of aryl methyl sites for hydroxylation is 2. The molecule has 0 aliphatic heterocycles. The molecule has 0 spiro atoms. The minimum atomic E-state index is -0.0557. The Hall–Kier alpha value is -1.61. The average Bonchev–Trinajstić information content (AvgIpc) is 3.02. The van der Waals surface area contributed by atoms with Gasteiger partial charge in [-0.25, -0.2) is 0 Å². The summed E-state index contributed by atoms with van der Waals surface area (Å²) in [5.41, 5.74) is 1.77. The Morgan fingerprint density at radius 1 is 1.15 bits per heavy atom.